The van der Waals surface area contributed by atoms with Crippen LogP contribution in [0.1, 0.15) is 44.7 Å². The average Bonchev–Trinajstić information content (AvgIpc) is 2.52. The van der Waals surface area contributed by atoms with Gasteiger partial charge in [0.25, 0.3) is 0 Å². The van der Waals surface area contributed by atoms with Crippen LogP contribution in [0, 0.1) is 11.3 Å². The Bertz CT molecular complexity index is 707. The highest BCUT2D eigenvalue weighted by molar-refractivity contribution is 5.68. The molecule has 0 unspecified atom stereocenters. The monoisotopic (exact) mass is 383 g/mol. The fourth-order valence-electron chi connectivity index (χ4n) is 3.15. The van der Waals surface area contributed by atoms with Gasteiger partial charge in [0.1, 0.15) is 11.6 Å². The topological polar surface area (TPSA) is 65.4 Å². The first kappa shape index (κ1) is 21.0. The molecule has 0 spiro atoms. The number of likely N-dealkylation sites (tertiary alicyclic amines) is 1. The van der Waals surface area contributed by atoms with E-state index < -0.39 is 30.0 Å². The van der Waals surface area contributed by atoms with Crippen molar-refractivity contribution in [3.05, 3.63) is 35.4 Å². The van der Waals surface area contributed by atoms with Gasteiger partial charge < -0.3 is 10.1 Å². The Morgan fingerprint density at radius 2 is 2.04 bits per heavy atom. The summed E-state index contributed by atoms with van der Waals surface area (Å²) in [5, 5.41) is 11.6. The first-order chi connectivity index (χ1) is 12.5. The van der Waals surface area contributed by atoms with Gasteiger partial charge in [-0.1, -0.05) is 12.1 Å². The summed E-state index contributed by atoms with van der Waals surface area (Å²) in [5.41, 5.74) is 0.350. The van der Waals surface area contributed by atoms with Gasteiger partial charge >= 0.3 is 12.3 Å². The molecule has 8 heteroatoms. The maximum Gasteiger partial charge on any atom is 0.407 e. The minimum Gasteiger partial charge on any atom is -0.444 e. The summed E-state index contributed by atoms with van der Waals surface area (Å²) in [4.78, 5) is 13.3. The Morgan fingerprint density at radius 3 is 2.63 bits per heavy atom. The highest BCUT2D eigenvalue weighted by Gasteiger charge is 2.46. The van der Waals surface area contributed by atoms with E-state index in [1.807, 2.05) is 6.07 Å². The molecule has 27 heavy (non-hydrogen) atoms. The van der Waals surface area contributed by atoms with Crippen molar-refractivity contribution in [2.24, 2.45) is 0 Å². The lowest BCUT2D eigenvalue weighted by Gasteiger charge is -2.40. The molecule has 1 fully saturated rings. The van der Waals surface area contributed by atoms with Crippen molar-refractivity contribution in [2.75, 3.05) is 6.54 Å². The van der Waals surface area contributed by atoms with Gasteiger partial charge in [0, 0.05) is 19.1 Å². The minimum atomic E-state index is -4.36. The SMILES string of the molecule is CC(C)(C)OC(=O)N[C@H]1CC[C@H](C(F)(F)F)N(Cc2cccc(C#N)c2)C1. The largest absolute Gasteiger partial charge is 0.444 e. The number of nitriles is 1. The van der Waals surface area contributed by atoms with Gasteiger partial charge in [-0.05, 0) is 51.3 Å². The summed E-state index contributed by atoms with van der Waals surface area (Å²) < 4.78 is 45.5. The van der Waals surface area contributed by atoms with E-state index in [0.717, 1.165) is 0 Å². The second-order valence-corrected chi connectivity index (χ2v) is 7.72. The normalized spacial score (nSPS) is 21.4. The van der Waals surface area contributed by atoms with Gasteiger partial charge in [-0.3, -0.25) is 4.90 Å². The quantitative estimate of drug-likeness (QED) is 0.858. The number of halogens is 3. The van der Waals surface area contributed by atoms with E-state index >= 15 is 0 Å². The zero-order valence-corrected chi connectivity index (χ0v) is 15.6. The van der Waals surface area contributed by atoms with Crippen molar-refractivity contribution in [1.29, 1.82) is 5.26 Å². The number of carbonyl (C=O) groups excluding carboxylic acids is 1. The molecule has 2 atom stereocenters. The van der Waals surface area contributed by atoms with Gasteiger partial charge in [-0.2, -0.15) is 18.4 Å². The second kappa shape index (κ2) is 8.17. The lowest BCUT2D eigenvalue weighted by atomic mass is 9.96. The molecule has 1 aromatic carbocycles. The van der Waals surface area contributed by atoms with E-state index in [9.17, 15) is 18.0 Å². The number of hydrogen-bond acceptors (Lipinski definition) is 4. The molecule has 0 bridgehead atoms. The van der Waals surface area contributed by atoms with Crippen molar-refractivity contribution in [3.8, 4) is 6.07 Å². The molecule has 1 amide bonds. The third kappa shape index (κ3) is 6.43. The molecule has 0 aromatic heterocycles. The Labute approximate surface area is 157 Å². The van der Waals surface area contributed by atoms with Crippen LogP contribution in [0.25, 0.3) is 0 Å². The molecule has 1 aromatic rings. The average molecular weight is 383 g/mol. The summed E-state index contributed by atoms with van der Waals surface area (Å²) in [5.74, 6) is 0. The highest BCUT2D eigenvalue weighted by Crippen LogP contribution is 2.33. The molecule has 0 aliphatic carbocycles. The number of alkyl carbamates (subject to hydrolysis) is 1. The van der Waals surface area contributed by atoms with Gasteiger partial charge in [-0.25, -0.2) is 4.79 Å². The first-order valence-electron chi connectivity index (χ1n) is 8.77. The zero-order chi connectivity index (χ0) is 20.2. The Kier molecular flexibility index (Phi) is 6.37. The summed E-state index contributed by atoms with van der Waals surface area (Å²) in [6, 6.07) is 6.50. The van der Waals surface area contributed by atoms with Gasteiger partial charge in [-0.15, -0.1) is 0 Å². The Hall–Kier alpha value is -2.27. The summed E-state index contributed by atoms with van der Waals surface area (Å²) in [7, 11) is 0. The molecule has 5 nitrogen and oxygen atoms in total. The predicted molar refractivity (Wildman–Crippen MR) is 93.8 cm³/mol. The summed E-state index contributed by atoms with van der Waals surface area (Å²) in [6.45, 7) is 5.28. The van der Waals surface area contributed by atoms with E-state index in [0.29, 0.717) is 11.1 Å². The van der Waals surface area contributed by atoms with Crippen LogP contribution in [-0.4, -0.2) is 41.4 Å². The molecule has 0 radical (unpaired) electrons. The van der Waals surface area contributed by atoms with Crippen molar-refractivity contribution < 1.29 is 22.7 Å². The molecule has 0 saturated carbocycles. The smallest absolute Gasteiger partial charge is 0.407 e. The number of nitrogens with one attached hydrogen (secondary N) is 1. The van der Waals surface area contributed by atoms with Crippen molar-refractivity contribution in [2.45, 2.75) is 64.0 Å². The second-order valence-electron chi connectivity index (χ2n) is 7.72. The van der Waals surface area contributed by atoms with Gasteiger partial charge in [0.05, 0.1) is 11.6 Å². The maximum atomic E-state index is 13.4. The van der Waals surface area contributed by atoms with Crippen LogP contribution in [-0.2, 0) is 11.3 Å². The van der Waals surface area contributed by atoms with Crippen molar-refractivity contribution in [1.82, 2.24) is 10.2 Å². The number of rotatable bonds is 3. The summed E-state index contributed by atoms with van der Waals surface area (Å²) in [6.07, 6.45) is -4.88. The zero-order valence-electron chi connectivity index (χ0n) is 15.6. The van der Waals surface area contributed by atoms with E-state index in [2.05, 4.69) is 5.32 Å². The fourth-order valence-corrected chi connectivity index (χ4v) is 3.15. The number of alkyl halides is 3. The molecule has 1 aliphatic heterocycles. The van der Waals surface area contributed by atoms with E-state index in [1.54, 1.807) is 45.0 Å². The number of nitrogens with zero attached hydrogens (tertiary/aromatic N) is 2. The molecule has 1 saturated heterocycles. The third-order valence-corrected chi connectivity index (χ3v) is 4.22. The lowest BCUT2D eigenvalue weighted by molar-refractivity contribution is -0.194. The van der Waals surface area contributed by atoms with Crippen LogP contribution in [0.4, 0.5) is 18.0 Å². The van der Waals surface area contributed by atoms with E-state index in [-0.39, 0.29) is 25.9 Å². The van der Waals surface area contributed by atoms with Gasteiger partial charge in [0.2, 0.25) is 0 Å². The molecule has 2 rings (SSSR count). The first-order valence-corrected chi connectivity index (χ1v) is 8.77. The van der Waals surface area contributed by atoms with Crippen LogP contribution in [0.3, 0.4) is 0 Å². The standard InChI is InChI=1S/C19H24F3N3O2/c1-18(2,3)27-17(26)24-15-7-8-16(19(20,21)22)25(12-15)11-14-6-4-5-13(9-14)10-23/h4-6,9,15-16H,7-8,11-12H2,1-3H3,(H,24,26)/t15-,16+/m0/s1. The number of ether oxygens (including phenoxy) is 1. The predicted octanol–water partition coefficient (Wildman–Crippen LogP) is 3.98. The fraction of sp³-hybridized carbons (Fsp3) is 0.579. The number of carbonyl (C=O) groups is 1. The highest BCUT2D eigenvalue weighted by atomic mass is 19.4. The van der Waals surface area contributed by atoms with E-state index in [4.69, 9.17) is 10.00 Å². The molecular formula is C19H24F3N3O2. The molecule has 1 heterocycles. The van der Waals surface area contributed by atoms with Crippen molar-refractivity contribution >= 4 is 6.09 Å². The minimum absolute atomic E-state index is 0.0478. The molecular weight excluding hydrogens is 359 g/mol. The number of hydrogen-bond donors (Lipinski definition) is 1. The summed E-state index contributed by atoms with van der Waals surface area (Å²) >= 11 is 0. The molecule has 1 aliphatic rings. The Balaban J connectivity index is 2.11. The molecule has 148 valence electrons. The lowest BCUT2D eigenvalue weighted by Crippen LogP contribution is -2.56. The number of benzene rings is 1. The molecule has 1 N–H and O–H groups in total. The van der Waals surface area contributed by atoms with Crippen LogP contribution in [0.15, 0.2) is 24.3 Å². The van der Waals surface area contributed by atoms with Gasteiger partial charge in [0.15, 0.2) is 0 Å². The van der Waals surface area contributed by atoms with Crippen molar-refractivity contribution in [3.63, 3.8) is 0 Å². The maximum absolute atomic E-state index is 13.4. The van der Waals surface area contributed by atoms with Crippen LogP contribution >= 0.6 is 0 Å². The number of piperidine rings is 1. The van der Waals surface area contributed by atoms with Crippen LogP contribution in [0.2, 0.25) is 0 Å². The number of amides is 1. The van der Waals surface area contributed by atoms with Crippen LogP contribution in [0.5, 0.6) is 0 Å². The third-order valence-electron chi connectivity index (χ3n) is 4.22. The Morgan fingerprint density at radius 1 is 1.33 bits per heavy atom. The van der Waals surface area contributed by atoms with Crippen LogP contribution < -0.4 is 5.32 Å². The van der Waals surface area contributed by atoms with E-state index in [1.165, 1.54) is 4.90 Å².